The topological polar surface area (TPSA) is 94.7 Å². The van der Waals surface area contributed by atoms with Gasteiger partial charge in [0.15, 0.2) is 11.5 Å². The number of carbonyl (C=O) groups is 1. The molecule has 1 unspecified atom stereocenters. The standard InChI is InChI=1S/C13H12N2O5/c1-7-14-15-13(20-7)9(5-12(16)17)8-2-3-10-11(4-8)19-6-18-10/h2-4,9H,5-6H2,1H3,(H,16,17). The number of aryl methyl sites for hydroxylation is 1. The van der Waals surface area contributed by atoms with E-state index in [0.717, 1.165) is 5.56 Å². The number of ether oxygens (including phenoxy) is 2. The van der Waals surface area contributed by atoms with Crippen molar-refractivity contribution in [3.8, 4) is 11.5 Å². The second-order valence-corrected chi connectivity index (χ2v) is 4.42. The molecule has 3 rings (SSSR count). The highest BCUT2D eigenvalue weighted by molar-refractivity contribution is 5.68. The summed E-state index contributed by atoms with van der Waals surface area (Å²) in [7, 11) is 0. The number of rotatable bonds is 4. The fourth-order valence-corrected chi connectivity index (χ4v) is 2.10. The van der Waals surface area contributed by atoms with E-state index in [2.05, 4.69) is 10.2 Å². The zero-order chi connectivity index (χ0) is 14.1. The van der Waals surface area contributed by atoms with Crippen molar-refractivity contribution in [2.24, 2.45) is 0 Å². The van der Waals surface area contributed by atoms with Gasteiger partial charge in [-0.25, -0.2) is 0 Å². The molecule has 7 heteroatoms. The van der Waals surface area contributed by atoms with Gasteiger partial charge in [-0.1, -0.05) is 6.07 Å². The van der Waals surface area contributed by atoms with Crippen molar-refractivity contribution in [2.45, 2.75) is 19.3 Å². The third-order valence-corrected chi connectivity index (χ3v) is 3.02. The van der Waals surface area contributed by atoms with E-state index in [4.69, 9.17) is 19.0 Å². The molecular weight excluding hydrogens is 264 g/mol. The van der Waals surface area contributed by atoms with E-state index < -0.39 is 11.9 Å². The minimum absolute atomic E-state index is 0.138. The number of benzene rings is 1. The van der Waals surface area contributed by atoms with Gasteiger partial charge in [0.1, 0.15) is 0 Å². The van der Waals surface area contributed by atoms with Crippen LogP contribution in [0.4, 0.5) is 0 Å². The van der Waals surface area contributed by atoms with Gasteiger partial charge in [-0.15, -0.1) is 10.2 Å². The lowest BCUT2D eigenvalue weighted by molar-refractivity contribution is -0.137. The Morgan fingerprint density at radius 2 is 2.15 bits per heavy atom. The smallest absolute Gasteiger partial charge is 0.304 e. The predicted molar refractivity (Wildman–Crippen MR) is 65.7 cm³/mol. The van der Waals surface area contributed by atoms with Gasteiger partial charge in [-0.05, 0) is 17.7 Å². The maximum Gasteiger partial charge on any atom is 0.304 e. The Morgan fingerprint density at radius 1 is 1.35 bits per heavy atom. The molecule has 1 atom stereocenters. The lowest BCUT2D eigenvalue weighted by atomic mass is 9.95. The monoisotopic (exact) mass is 276 g/mol. The molecule has 1 aromatic carbocycles. The molecule has 1 N–H and O–H groups in total. The molecule has 2 aromatic rings. The van der Waals surface area contributed by atoms with Gasteiger partial charge in [0.05, 0.1) is 12.3 Å². The van der Waals surface area contributed by atoms with E-state index >= 15 is 0 Å². The summed E-state index contributed by atoms with van der Waals surface area (Å²) in [6.07, 6.45) is -0.138. The van der Waals surface area contributed by atoms with Crippen LogP contribution in [0.3, 0.4) is 0 Å². The zero-order valence-electron chi connectivity index (χ0n) is 10.7. The molecule has 0 saturated heterocycles. The van der Waals surface area contributed by atoms with Gasteiger partial charge in [0, 0.05) is 6.92 Å². The molecule has 104 valence electrons. The number of hydrogen-bond donors (Lipinski definition) is 1. The number of nitrogens with zero attached hydrogens (tertiary/aromatic N) is 2. The molecule has 7 nitrogen and oxygen atoms in total. The molecule has 0 amide bonds. The van der Waals surface area contributed by atoms with Crippen molar-refractivity contribution in [3.05, 3.63) is 35.5 Å². The highest BCUT2D eigenvalue weighted by Gasteiger charge is 2.25. The van der Waals surface area contributed by atoms with Crippen LogP contribution in [0.1, 0.15) is 29.7 Å². The highest BCUT2D eigenvalue weighted by Crippen LogP contribution is 2.37. The van der Waals surface area contributed by atoms with Crippen molar-refractivity contribution in [2.75, 3.05) is 6.79 Å². The second kappa shape index (κ2) is 4.84. The molecule has 0 fully saturated rings. The molecule has 0 radical (unpaired) electrons. The van der Waals surface area contributed by atoms with E-state index in [0.29, 0.717) is 17.4 Å². The first-order valence-corrected chi connectivity index (χ1v) is 6.05. The average Bonchev–Trinajstić information content (AvgIpc) is 3.03. The van der Waals surface area contributed by atoms with Crippen LogP contribution in [0.2, 0.25) is 0 Å². The van der Waals surface area contributed by atoms with E-state index in [1.807, 2.05) is 0 Å². The number of fused-ring (bicyclic) bond motifs is 1. The SMILES string of the molecule is Cc1nnc(C(CC(=O)O)c2ccc3c(c2)OCO3)o1. The summed E-state index contributed by atoms with van der Waals surface area (Å²) in [5.41, 5.74) is 0.736. The normalized spacial score (nSPS) is 14.2. The quantitative estimate of drug-likeness (QED) is 0.908. The third-order valence-electron chi connectivity index (χ3n) is 3.02. The third kappa shape index (κ3) is 2.29. The number of aliphatic carboxylic acids is 1. The van der Waals surface area contributed by atoms with Crippen molar-refractivity contribution in [3.63, 3.8) is 0 Å². The van der Waals surface area contributed by atoms with Crippen LogP contribution >= 0.6 is 0 Å². The van der Waals surface area contributed by atoms with E-state index in [9.17, 15) is 4.79 Å². The number of hydrogen-bond acceptors (Lipinski definition) is 6. The lowest BCUT2D eigenvalue weighted by Crippen LogP contribution is -2.08. The Labute approximate surface area is 114 Å². The van der Waals surface area contributed by atoms with E-state index in [-0.39, 0.29) is 19.1 Å². The molecular formula is C13H12N2O5. The molecule has 1 aromatic heterocycles. The van der Waals surface area contributed by atoms with Crippen LogP contribution in [0.15, 0.2) is 22.6 Å². The van der Waals surface area contributed by atoms with Crippen LogP contribution in [-0.4, -0.2) is 28.1 Å². The predicted octanol–water partition coefficient (Wildman–Crippen LogP) is 1.71. The average molecular weight is 276 g/mol. The molecule has 1 aliphatic heterocycles. The van der Waals surface area contributed by atoms with Crippen LogP contribution < -0.4 is 9.47 Å². The van der Waals surface area contributed by atoms with E-state index in [1.54, 1.807) is 25.1 Å². The number of carboxylic acids is 1. The molecule has 1 aliphatic rings. The molecule has 0 saturated carbocycles. The molecule has 20 heavy (non-hydrogen) atoms. The Morgan fingerprint density at radius 3 is 2.85 bits per heavy atom. The van der Waals surface area contributed by atoms with Gasteiger partial charge in [0.2, 0.25) is 18.6 Å². The Bertz CT molecular complexity index is 652. The lowest BCUT2D eigenvalue weighted by Gasteiger charge is -2.11. The Hall–Kier alpha value is -2.57. The number of aromatic nitrogens is 2. The van der Waals surface area contributed by atoms with Crippen molar-refractivity contribution in [1.29, 1.82) is 0 Å². The minimum Gasteiger partial charge on any atom is -0.481 e. The number of carboxylic acid groups (broad SMARTS) is 1. The summed E-state index contributed by atoms with van der Waals surface area (Å²) in [4.78, 5) is 11.1. The fourth-order valence-electron chi connectivity index (χ4n) is 2.10. The van der Waals surface area contributed by atoms with Crippen LogP contribution in [0.25, 0.3) is 0 Å². The van der Waals surface area contributed by atoms with Crippen LogP contribution in [0.5, 0.6) is 11.5 Å². The van der Waals surface area contributed by atoms with Gasteiger partial charge in [0.25, 0.3) is 0 Å². The Balaban J connectivity index is 1.98. The molecule has 2 heterocycles. The first-order chi connectivity index (χ1) is 9.63. The van der Waals surface area contributed by atoms with Gasteiger partial charge in [-0.2, -0.15) is 0 Å². The maximum absolute atomic E-state index is 11.1. The molecule has 0 bridgehead atoms. The minimum atomic E-state index is -0.941. The van der Waals surface area contributed by atoms with Crippen molar-refractivity contribution in [1.82, 2.24) is 10.2 Å². The van der Waals surface area contributed by atoms with Crippen molar-refractivity contribution >= 4 is 5.97 Å². The van der Waals surface area contributed by atoms with Crippen molar-refractivity contribution < 1.29 is 23.8 Å². The van der Waals surface area contributed by atoms with Gasteiger partial charge >= 0.3 is 5.97 Å². The highest BCUT2D eigenvalue weighted by atomic mass is 16.7. The summed E-state index contributed by atoms with van der Waals surface area (Å²) in [6.45, 7) is 1.83. The fraction of sp³-hybridized carbons (Fsp3) is 0.308. The summed E-state index contributed by atoms with van der Waals surface area (Å²) >= 11 is 0. The first-order valence-electron chi connectivity index (χ1n) is 6.05. The van der Waals surface area contributed by atoms with Gasteiger partial charge in [-0.3, -0.25) is 4.79 Å². The summed E-state index contributed by atoms with van der Waals surface area (Å²) in [5, 5.41) is 16.7. The largest absolute Gasteiger partial charge is 0.481 e. The van der Waals surface area contributed by atoms with E-state index in [1.165, 1.54) is 0 Å². The first kappa shape index (κ1) is 12.5. The zero-order valence-corrected chi connectivity index (χ0v) is 10.7. The van der Waals surface area contributed by atoms with Crippen LogP contribution in [0, 0.1) is 6.92 Å². The summed E-state index contributed by atoms with van der Waals surface area (Å²) < 4.78 is 15.9. The summed E-state index contributed by atoms with van der Waals surface area (Å²) in [5.74, 6) is 0.463. The van der Waals surface area contributed by atoms with Gasteiger partial charge < -0.3 is 19.0 Å². The summed E-state index contributed by atoms with van der Waals surface area (Å²) in [6, 6.07) is 5.27. The maximum atomic E-state index is 11.1. The second-order valence-electron chi connectivity index (χ2n) is 4.42. The van der Waals surface area contributed by atoms with Crippen LogP contribution in [-0.2, 0) is 4.79 Å². The molecule has 0 spiro atoms. The molecule has 0 aliphatic carbocycles. The Kier molecular flexibility index (Phi) is 3.02.